The molecule has 0 amide bonds. The highest BCUT2D eigenvalue weighted by molar-refractivity contribution is 5.80. The number of nitrogens with zero attached hydrogens (tertiary/aromatic N) is 2. The molecule has 2 rings (SSSR count). The van der Waals surface area contributed by atoms with Gasteiger partial charge in [0.2, 0.25) is 0 Å². The van der Waals surface area contributed by atoms with E-state index < -0.39 is 11.7 Å². The van der Waals surface area contributed by atoms with Crippen molar-refractivity contribution < 1.29 is 17.9 Å². The van der Waals surface area contributed by atoms with Crippen LogP contribution in [0.5, 0.6) is 5.75 Å². The number of hydrogen-bond acceptors (Lipinski definition) is 4. The summed E-state index contributed by atoms with van der Waals surface area (Å²) in [6.45, 7) is 2.78. The number of hydrogen-bond donors (Lipinski definition) is 1. The SMILES string of the molecule is CCCCOc1ccc(/C=N\Nc2ccc(C(F)(F)F)cn2)cc1. The van der Waals surface area contributed by atoms with E-state index in [4.69, 9.17) is 4.74 Å². The fourth-order valence-electron chi connectivity index (χ4n) is 1.79. The fourth-order valence-corrected chi connectivity index (χ4v) is 1.79. The molecule has 0 bridgehead atoms. The van der Waals surface area contributed by atoms with Gasteiger partial charge in [0, 0.05) is 6.20 Å². The summed E-state index contributed by atoms with van der Waals surface area (Å²) in [5.41, 5.74) is 2.62. The van der Waals surface area contributed by atoms with Crippen molar-refractivity contribution in [2.75, 3.05) is 12.0 Å². The van der Waals surface area contributed by atoms with Crippen LogP contribution in [0.15, 0.2) is 47.7 Å². The summed E-state index contributed by atoms with van der Waals surface area (Å²) in [4.78, 5) is 3.67. The molecule has 7 heteroatoms. The van der Waals surface area contributed by atoms with Gasteiger partial charge >= 0.3 is 6.18 Å². The Morgan fingerprint density at radius 1 is 1.17 bits per heavy atom. The van der Waals surface area contributed by atoms with Gasteiger partial charge in [0.15, 0.2) is 0 Å². The van der Waals surface area contributed by atoms with Crippen LogP contribution in [0, 0.1) is 0 Å². The van der Waals surface area contributed by atoms with Crippen LogP contribution in [0.3, 0.4) is 0 Å². The normalized spacial score (nSPS) is 11.7. The molecule has 2 aromatic rings. The highest BCUT2D eigenvalue weighted by atomic mass is 19.4. The molecule has 24 heavy (non-hydrogen) atoms. The van der Waals surface area contributed by atoms with Crippen LogP contribution < -0.4 is 10.2 Å². The number of alkyl halides is 3. The van der Waals surface area contributed by atoms with Gasteiger partial charge in [0.1, 0.15) is 11.6 Å². The number of hydrazone groups is 1. The monoisotopic (exact) mass is 337 g/mol. The summed E-state index contributed by atoms with van der Waals surface area (Å²) in [5, 5.41) is 3.95. The first-order valence-electron chi connectivity index (χ1n) is 7.54. The van der Waals surface area contributed by atoms with Crippen LogP contribution in [0.2, 0.25) is 0 Å². The van der Waals surface area contributed by atoms with Gasteiger partial charge in [-0.3, -0.25) is 5.43 Å². The zero-order valence-corrected chi connectivity index (χ0v) is 13.2. The molecule has 1 aromatic carbocycles. The van der Waals surface area contributed by atoms with Gasteiger partial charge in [-0.25, -0.2) is 4.98 Å². The lowest BCUT2D eigenvalue weighted by molar-refractivity contribution is -0.137. The minimum Gasteiger partial charge on any atom is -0.494 e. The predicted molar refractivity (Wildman–Crippen MR) is 87.3 cm³/mol. The van der Waals surface area contributed by atoms with Crippen molar-refractivity contribution in [1.29, 1.82) is 0 Å². The Hall–Kier alpha value is -2.57. The van der Waals surface area contributed by atoms with E-state index in [1.54, 1.807) is 6.21 Å². The molecular formula is C17H18F3N3O. The van der Waals surface area contributed by atoms with Crippen LogP contribution in [-0.2, 0) is 6.18 Å². The summed E-state index contributed by atoms with van der Waals surface area (Å²) in [7, 11) is 0. The van der Waals surface area contributed by atoms with Crippen LogP contribution >= 0.6 is 0 Å². The average Bonchev–Trinajstić information content (AvgIpc) is 2.56. The van der Waals surface area contributed by atoms with E-state index in [9.17, 15) is 13.2 Å². The molecule has 1 N–H and O–H groups in total. The van der Waals surface area contributed by atoms with E-state index in [2.05, 4.69) is 22.4 Å². The van der Waals surface area contributed by atoms with Crippen LogP contribution in [0.25, 0.3) is 0 Å². The Morgan fingerprint density at radius 3 is 2.50 bits per heavy atom. The molecule has 0 aliphatic rings. The van der Waals surface area contributed by atoms with E-state index in [-0.39, 0.29) is 5.82 Å². The predicted octanol–water partition coefficient (Wildman–Crippen LogP) is 4.73. The maximum atomic E-state index is 12.4. The number of rotatable bonds is 7. The van der Waals surface area contributed by atoms with Crippen molar-refractivity contribution in [3.05, 3.63) is 53.7 Å². The molecule has 1 aromatic heterocycles. The van der Waals surface area contributed by atoms with Crippen molar-refractivity contribution >= 4 is 12.0 Å². The number of aromatic nitrogens is 1. The number of unbranched alkanes of at least 4 members (excludes halogenated alkanes) is 1. The molecule has 0 aliphatic heterocycles. The van der Waals surface area contributed by atoms with E-state index in [1.165, 1.54) is 6.07 Å². The van der Waals surface area contributed by atoms with Crippen LogP contribution in [0.1, 0.15) is 30.9 Å². The Bertz CT molecular complexity index is 652. The molecule has 1 heterocycles. The van der Waals surface area contributed by atoms with Gasteiger partial charge in [-0.2, -0.15) is 18.3 Å². The third-order valence-electron chi connectivity index (χ3n) is 3.13. The van der Waals surface area contributed by atoms with Crippen molar-refractivity contribution in [1.82, 2.24) is 4.98 Å². The lowest BCUT2D eigenvalue weighted by atomic mass is 10.2. The summed E-state index contributed by atoms with van der Waals surface area (Å²) < 4.78 is 42.8. The molecule has 0 fully saturated rings. The number of pyridine rings is 1. The van der Waals surface area contributed by atoms with Gasteiger partial charge in [-0.15, -0.1) is 0 Å². The topological polar surface area (TPSA) is 46.5 Å². The van der Waals surface area contributed by atoms with Crippen molar-refractivity contribution in [3.8, 4) is 5.75 Å². The number of benzene rings is 1. The summed E-state index contributed by atoms with van der Waals surface area (Å²) in [6.07, 6.45) is 0.00680. The molecule has 0 saturated carbocycles. The van der Waals surface area contributed by atoms with Gasteiger partial charge in [0.25, 0.3) is 0 Å². The maximum Gasteiger partial charge on any atom is 0.417 e. The third kappa shape index (κ3) is 5.57. The van der Waals surface area contributed by atoms with E-state index >= 15 is 0 Å². The zero-order chi connectivity index (χ0) is 17.4. The Balaban J connectivity index is 1.87. The van der Waals surface area contributed by atoms with Gasteiger partial charge in [-0.05, 0) is 48.4 Å². The van der Waals surface area contributed by atoms with E-state index in [1.807, 2.05) is 24.3 Å². The maximum absolute atomic E-state index is 12.4. The minimum absolute atomic E-state index is 0.235. The second-order valence-electron chi connectivity index (χ2n) is 5.07. The lowest BCUT2D eigenvalue weighted by Gasteiger charge is -2.06. The van der Waals surface area contributed by atoms with Crippen LogP contribution in [0.4, 0.5) is 19.0 Å². The molecule has 128 valence electrons. The summed E-state index contributed by atoms with van der Waals surface area (Å²) in [6, 6.07) is 9.54. The Morgan fingerprint density at radius 2 is 1.92 bits per heavy atom. The quantitative estimate of drug-likeness (QED) is 0.451. The smallest absolute Gasteiger partial charge is 0.417 e. The molecule has 4 nitrogen and oxygen atoms in total. The highest BCUT2D eigenvalue weighted by Gasteiger charge is 2.30. The number of ether oxygens (including phenoxy) is 1. The molecule has 0 unspecified atom stereocenters. The van der Waals surface area contributed by atoms with Gasteiger partial charge in [0.05, 0.1) is 18.4 Å². The standard InChI is InChI=1S/C17H18F3N3O/c1-2-3-10-24-15-7-4-13(5-8-15)11-22-23-16-9-6-14(12-21-16)17(18,19)20/h4-9,11-12H,2-3,10H2,1H3,(H,21,23)/b22-11-. The largest absolute Gasteiger partial charge is 0.494 e. The summed E-state index contributed by atoms with van der Waals surface area (Å²) >= 11 is 0. The first-order chi connectivity index (χ1) is 11.5. The number of halogens is 3. The minimum atomic E-state index is -4.39. The molecule has 0 radical (unpaired) electrons. The van der Waals surface area contributed by atoms with Crippen molar-refractivity contribution in [2.24, 2.45) is 5.10 Å². The second kappa shape index (κ2) is 8.33. The van der Waals surface area contributed by atoms with Crippen LogP contribution in [-0.4, -0.2) is 17.8 Å². The first kappa shape index (κ1) is 17.8. The zero-order valence-electron chi connectivity index (χ0n) is 13.2. The second-order valence-corrected chi connectivity index (χ2v) is 5.07. The molecule has 0 saturated heterocycles. The molecule has 0 spiro atoms. The average molecular weight is 337 g/mol. The lowest BCUT2D eigenvalue weighted by Crippen LogP contribution is -2.05. The van der Waals surface area contributed by atoms with Gasteiger partial charge in [-0.1, -0.05) is 13.3 Å². The molecule has 0 aliphatic carbocycles. The highest BCUT2D eigenvalue weighted by Crippen LogP contribution is 2.28. The number of anilines is 1. The van der Waals surface area contributed by atoms with Gasteiger partial charge < -0.3 is 4.74 Å². The molecular weight excluding hydrogens is 319 g/mol. The van der Waals surface area contributed by atoms with Crippen molar-refractivity contribution in [2.45, 2.75) is 25.9 Å². The van der Waals surface area contributed by atoms with Crippen molar-refractivity contribution in [3.63, 3.8) is 0 Å². The number of nitrogens with one attached hydrogen (secondary N) is 1. The molecule has 0 atom stereocenters. The summed E-state index contributed by atoms with van der Waals surface area (Å²) in [5.74, 6) is 1.02. The third-order valence-corrected chi connectivity index (χ3v) is 3.13. The fraction of sp³-hybridized carbons (Fsp3) is 0.294. The Kier molecular flexibility index (Phi) is 6.17. The van der Waals surface area contributed by atoms with E-state index in [0.29, 0.717) is 6.61 Å². The van der Waals surface area contributed by atoms with E-state index in [0.717, 1.165) is 36.4 Å². The first-order valence-corrected chi connectivity index (χ1v) is 7.54. The Labute approximate surface area is 138 Å².